The number of hydrogen-bond acceptors (Lipinski definition) is 4. The Hall–Kier alpha value is -1.11. The highest BCUT2D eigenvalue weighted by molar-refractivity contribution is 7.86. The quantitative estimate of drug-likeness (QED) is 0.620. The SMILES string of the molecule is NCCNc1cc[c]cc1S(=O)(=O)O. The molecule has 1 aromatic rings. The fraction of sp³-hybridized carbons (Fsp3) is 0.250. The first-order valence-electron chi connectivity index (χ1n) is 3.97. The third-order valence-electron chi connectivity index (χ3n) is 1.56. The summed E-state index contributed by atoms with van der Waals surface area (Å²) >= 11 is 0. The largest absolute Gasteiger partial charge is 0.383 e. The molecule has 4 N–H and O–H groups in total. The maximum atomic E-state index is 10.9. The molecular weight excluding hydrogens is 204 g/mol. The highest BCUT2D eigenvalue weighted by Crippen LogP contribution is 2.19. The van der Waals surface area contributed by atoms with Crippen LogP contribution in [-0.2, 0) is 10.1 Å². The van der Waals surface area contributed by atoms with Crippen molar-refractivity contribution in [1.82, 2.24) is 0 Å². The van der Waals surface area contributed by atoms with Crippen LogP contribution in [0.25, 0.3) is 0 Å². The summed E-state index contributed by atoms with van der Waals surface area (Å²) in [6, 6.07) is 6.84. The van der Waals surface area contributed by atoms with Crippen LogP contribution < -0.4 is 11.1 Å². The zero-order chi connectivity index (χ0) is 10.6. The molecule has 0 aromatic heterocycles. The average molecular weight is 215 g/mol. The van der Waals surface area contributed by atoms with Crippen LogP contribution in [0.4, 0.5) is 5.69 Å². The summed E-state index contributed by atoms with van der Waals surface area (Å²) in [6.07, 6.45) is 0. The second-order valence-corrected chi connectivity index (χ2v) is 4.00. The number of anilines is 1. The molecule has 5 nitrogen and oxygen atoms in total. The highest BCUT2D eigenvalue weighted by atomic mass is 32.2. The molecule has 0 aliphatic heterocycles. The molecule has 1 rings (SSSR count). The maximum absolute atomic E-state index is 10.9. The zero-order valence-corrected chi connectivity index (χ0v) is 8.21. The number of hydrogen-bond donors (Lipinski definition) is 3. The number of nitrogens with one attached hydrogen (secondary N) is 1. The lowest BCUT2D eigenvalue weighted by molar-refractivity contribution is 0.483. The molecule has 0 fully saturated rings. The van der Waals surface area contributed by atoms with Crippen molar-refractivity contribution in [1.29, 1.82) is 0 Å². The topological polar surface area (TPSA) is 92.4 Å². The van der Waals surface area contributed by atoms with E-state index in [1.54, 1.807) is 6.07 Å². The van der Waals surface area contributed by atoms with Crippen LogP contribution in [0.2, 0.25) is 0 Å². The molecule has 0 unspecified atom stereocenters. The van der Waals surface area contributed by atoms with Gasteiger partial charge < -0.3 is 11.1 Å². The van der Waals surface area contributed by atoms with E-state index in [-0.39, 0.29) is 4.90 Å². The van der Waals surface area contributed by atoms with Gasteiger partial charge in [-0.3, -0.25) is 4.55 Å². The Morgan fingerprint density at radius 3 is 2.86 bits per heavy atom. The van der Waals surface area contributed by atoms with Crippen molar-refractivity contribution >= 4 is 15.8 Å². The summed E-state index contributed by atoms with van der Waals surface area (Å²) in [5, 5.41) is 2.79. The minimum absolute atomic E-state index is 0.187. The van der Waals surface area contributed by atoms with E-state index in [2.05, 4.69) is 11.4 Å². The van der Waals surface area contributed by atoms with Crippen molar-refractivity contribution in [2.45, 2.75) is 4.90 Å². The van der Waals surface area contributed by atoms with Gasteiger partial charge >= 0.3 is 0 Å². The predicted octanol–water partition coefficient (Wildman–Crippen LogP) is 0.104. The molecule has 77 valence electrons. The molecule has 1 aromatic carbocycles. The van der Waals surface area contributed by atoms with Crippen molar-refractivity contribution in [2.75, 3.05) is 18.4 Å². The minimum atomic E-state index is -4.20. The van der Waals surface area contributed by atoms with Crippen LogP contribution in [0.1, 0.15) is 0 Å². The van der Waals surface area contributed by atoms with Gasteiger partial charge in [-0.2, -0.15) is 8.42 Å². The number of nitrogens with two attached hydrogens (primary N) is 1. The molecule has 0 heterocycles. The Morgan fingerprint density at radius 1 is 1.57 bits per heavy atom. The molecule has 0 saturated carbocycles. The van der Waals surface area contributed by atoms with Crippen LogP contribution in [0.3, 0.4) is 0 Å². The smallest absolute Gasteiger partial charge is 0.296 e. The zero-order valence-electron chi connectivity index (χ0n) is 7.40. The third kappa shape index (κ3) is 2.69. The maximum Gasteiger partial charge on any atom is 0.296 e. The summed E-state index contributed by atoms with van der Waals surface area (Å²) in [7, 11) is -4.20. The Balaban J connectivity index is 3.04. The lowest BCUT2D eigenvalue weighted by atomic mass is 10.3. The lowest BCUT2D eigenvalue weighted by Crippen LogP contribution is -2.15. The summed E-state index contributed by atoms with van der Waals surface area (Å²) < 4.78 is 30.6. The monoisotopic (exact) mass is 215 g/mol. The van der Waals surface area contributed by atoms with Gasteiger partial charge in [0.05, 0.1) is 5.69 Å². The van der Waals surface area contributed by atoms with Gasteiger partial charge in [0.25, 0.3) is 10.1 Å². The Morgan fingerprint density at radius 2 is 2.29 bits per heavy atom. The third-order valence-corrected chi connectivity index (χ3v) is 2.46. The first-order valence-corrected chi connectivity index (χ1v) is 5.41. The molecule has 0 aliphatic rings. The van der Waals surface area contributed by atoms with E-state index in [4.69, 9.17) is 10.3 Å². The van der Waals surface area contributed by atoms with Gasteiger partial charge in [0.1, 0.15) is 4.90 Å². The van der Waals surface area contributed by atoms with Gasteiger partial charge in [0, 0.05) is 13.1 Å². The number of benzene rings is 1. The van der Waals surface area contributed by atoms with Gasteiger partial charge in [-0.25, -0.2) is 0 Å². The van der Waals surface area contributed by atoms with Crippen LogP contribution >= 0.6 is 0 Å². The summed E-state index contributed by atoms with van der Waals surface area (Å²) in [5.41, 5.74) is 5.58. The fourth-order valence-electron chi connectivity index (χ4n) is 0.981. The molecular formula is C8H11N2O3S. The fourth-order valence-corrected chi connectivity index (χ4v) is 1.62. The summed E-state index contributed by atoms with van der Waals surface area (Å²) in [5.74, 6) is 0. The van der Waals surface area contributed by atoms with E-state index < -0.39 is 10.1 Å². The molecule has 1 radical (unpaired) electrons. The molecule has 0 amide bonds. The molecule has 14 heavy (non-hydrogen) atoms. The second kappa shape index (κ2) is 4.41. The van der Waals surface area contributed by atoms with E-state index in [1.807, 2.05) is 0 Å². The first-order chi connectivity index (χ1) is 6.55. The van der Waals surface area contributed by atoms with Crippen molar-refractivity contribution in [3.8, 4) is 0 Å². The van der Waals surface area contributed by atoms with Gasteiger partial charge in [-0.1, -0.05) is 6.07 Å². The van der Waals surface area contributed by atoms with E-state index in [0.29, 0.717) is 18.8 Å². The lowest BCUT2D eigenvalue weighted by Gasteiger charge is -2.07. The van der Waals surface area contributed by atoms with Gasteiger partial charge in [0.15, 0.2) is 0 Å². The Labute approximate surface area is 82.7 Å². The summed E-state index contributed by atoms with van der Waals surface area (Å²) in [4.78, 5) is -0.187. The van der Waals surface area contributed by atoms with Crippen molar-refractivity contribution < 1.29 is 13.0 Å². The van der Waals surface area contributed by atoms with Gasteiger partial charge in [-0.05, 0) is 18.2 Å². The molecule has 0 atom stereocenters. The second-order valence-electron chi connectivity index (χ2n) is 2.61. The average Bonchev–Trinajstić information content (AvgIpc) is 2.14. The van der Waals surface area contributed by atoms with Crippen molar-refractivity contribution in [3.05, 3.63) is 24.3 Å². The van der Waals surface area contributed by atoms with Crippen molar-refractivity contribution in [3.63, 3.8) is 0 Å². The van der Waals surface area contributed by atoms with E-state index >= 15 is 0 Å². The predicted molar refractivity (Wildman–Crippen MR) is 52.6 cm³/mol. The van der Waals surface area contributed by atoms with E-state index in [9.17, 15) is 8.42 Å². The highest BCUT2D eigenvalue weighted by Gasteiger charge is 2.13. The normalized spacial score (nSPS) is 11.3. The van der Waals surface area contributed by atoms with Gasteiger partial charge in [0.2, 0.25) is 0 Å². The van der Waals surface area contributed by atoms with Crippen molar-refractivity contribution in [2.24, 2.45) is 5.73 Å². The van der Waals surface area contributed by atoms with Crippen LogP contribution in [-0.4, -0.2) is 26.1 Å². The first kappa shape index (κ1) is 11.0. The molecule has 0 spiro atoms. The standard InChI is InChI=1S/C8H11N2O3S/c9-5-6-10-7-3-1-2-4-8(7)14(11,12)13/h1,3-4,10H,5-6,9H2,(H,11,12,13). The Bertz CT molecular complexity index is 403. The van der Waals surface area contributed by atoms with Crippen LogP contribution in [0.5, 0.6) is 0 Å². The van der Waals surface area contributed by atoms with Crippen LogP contribution in [0.15, 0.2) is 23.1 Å². The molecule has 0 bridgehead atoms. The molecule has 0 saturated heterocycles. The molecule has 0 aliphatic carbocycles. The van der Waals surface area contributed by atoms with Crippen LogP contribution in [0, 0.1) is 6.07 Å². The van der Waals surface area contributed by atoms with E-state index in [0.717, 1.165) is 0 Å². The minimum Gasteiger partial charge on any atom is -0.383 e. The summed E-state index contributed by atoms with van der Waals surface area (Å²) in [6.45, 7) is 0.816. The van der Waals surface area contributed by atoms with E-state index in [1.165, 1.54) is 12.1 Å². The van der Waals surface area contributed by atoms with Gasteiger partial charge in [-0.15, -0.1) is 0 Å². The Kier molecular flexibility index (Phi) is 3.45. The number of rotatable bonds is 4. The molecule has 6 heteroatoms.